The number of benzene rings is 2. The van der Waals surface area contributed by atoms with E-state index in [1.54, 1.807) is 30.3 Å². The van der Waals surface area contributed by atoms with Crippen LogP contribution in [-0.2, 0) is 6.42 Å². The van der Waals surface area contributed by atoms with Gasteiger partial charge in [-0.2, -0.15) is 0 Å². The summed E-state index contributed by atoms with van der Waals surface area (Å²) in [5.74, 6) is 0.236. The molecule has 2 heterocycles. The molecular weight excluding hydrogens is 460 g/mol. The second-order valence-electron chi connectivity index (χ2n) is 8.52. The Kier molecular flexibility index (Phi) is 6.83. The van der Waals surface area contributed by atoms with Crippen LogP contribution in [0.25, 0.3) is 0 Å². The number of hydrogen-bond acceptors (Lipinski definition) is 6. The molecule has 2 aromatic carbocycles. The van der Waals surface area contributed by atoms with E-state index in [9.17, 15) is 28.6 Å². The molecule has 2 amide bonds. The highest BCUT2D eigenvalue weighted by Crippen LogP contribution is 2.58. The number of amides is 2. The molecule has 9 nitrogen and oxygen atoms in total. The molecule has 10 heteroatoms. The summed E-state index contributed by atoms with van der Waals surface area (Å²) in [6.07, 6.45) is 0.849. The summed E-state index contributed by atoms with van der Waals surface area (Å²) in [5.41, 5.74) is 1.87. The summed E-state index contributed by atoms with van der Waals surface area (Å²) in [7, 11) is -3.36. The van der Waals surface area contributed by atoms with Gasteiger partial charge in [-0.1, -0.05) is 22.9 Å². The molecule has 0 fully saturated rings. The lowest BCUT2D eigenvalue weighted by Gasteiger charge is -2.37. The maximum Gasteiger partial charge on any atom is 0.407 e. The van der Waals surface area contributed by atoms with Crippen LogP contribution in [0.15, 0.2) is 47.4 Å². The Morgan fingerprint density at radius 2 is 1.94 bits per heavy atom. The Balaban J connectivity index is 1.30. The lowest BCUT2D eigenvalue weighted by atomic mass is 9.98. The molecule has 0 aromatic heterocycles. The van der Waals surface area contributed by atoms with E-state index in [2.05, 4.69) is 0 Å². The predicted molar refractivity (Wildman–Crippen MR) is 127 cm³/mol. The summed E-state index contributed by atoms with van der Waals surface area (Å²) >= 11 is 0. The summed E-state index contributed by atoms with van der Waals surface area (Å²) in [5, 5.41) is 9.64. The number of carbonyl (C=O) groups is 3. The van der Waals surface area contributed by atoms with Crippen molar-refractivity contribution < 1.29 is 33.3 Å². The van der Waals surface area contributed by atoms with E-state index in [-0.39, 0.29) is 36.4 Å². The van der Waals surface area contributed by atoms with Gasteiger partial charge in [0.15, 0.2) is 5.78 Å². The zero-order valence-electron chi connectivity index (χ0n) is 18.8. The van der Waals surface area contributed by atoms with Gasteiger partial charge in [0.1, 0.15) is 11.9 Å². The van der Waals surface area contributed by atoms with Crippen molar-refractivity contribution in [3.05, 3.63) is 59.2 Å². The van der Waals surface area contributed by atoms with Crippen LogP contribution in [0.4, 0.5) is 4.79 Å². The van der Waals surface area contributed by atoms with Crippen LogP contribution in [-0.4, -0.2) is 66.9 Å². The van der Waals surface area contributed by atoms with Crippen molar-refractivity contribution in [2.24, 2.45) is 0 Å². The third kappa shape index (κ3) is 4.75. The van der Waals surface area contributed by atoms with Crippen molar-refractivity contribution >= 4 is 28.6 Å². The van der Waals surface area contributed by atoms with Gasteiger partial charge < -0.3 is 14.7 Å². The van der Waals surface area contributed by atoms with Crippen molar-refractivity contribution in [2.45, 2.75) is 43.6 Å². The highest BCUT2D eigenvalue weighted by molar-refractivity contribution is 8.23. The monoisotopic (exact) mass is 488 g/mol. The molecule has 3 N–H and O–H groups in total. The lowest BCUT2D eigenvalue weighted by Crippen LogP contribution is -2.41. The molecule has 0 spiro atoms. The average Bonchev–Trinajstić information content (AvgIpc) is 3.00. The molecule has 0 radical (unpaired) electrons. The van der Waals surface area contributed by atoms with Gasteiger partial charge in [0.05, 0.1) is 17.0 Å². The first-order valence-corrected chi connectivity index (χ1v) is 12.7. The van der Waals surface area contributed by atoms with Crippen molar-refractivity contribution in [3.8, 4) is 5.75 Å². The molecular formula is C24H28N2O7S. The molecule has 1 atom stereocenters. The van der Waals surface area contributed by atoms with Crippen molar-refractivity contribution in [1.29, 1.82) is 0 Å². The highest BCUT2D eigenvalue weighted by Gasteiger charge is 2.40. The first-order valence-electron chi connectivity index (χ1n) is 11.2. The van der Waals surface area contributed by atoms with E-state index in [0.29, 0.717) is 42.6 Å². The van der Waals surface area contributed by atoms with Crippen LogP contribution in [0.2, 0.25) is 0 Å². The Hall–Kier alpha value is -3.08. The first-order chi connectivity index (χ1) is 16.2. The molecule has 0 saturated carbocycles. The van der Waals surface area contributed by atoms with E-state index >= 15 is 0 Å². The zero-order chi connectivity index (χ0) is 24.5. The molecule has 34 heavy (non-hydrogen) atoms. The molecule has 0 bridgehead atoms. The lowest BCUT2D eigenvalue weighted by molar-refractivity contribution is 0.0852. The van der Waals surface area contributed by atoms with Crippen LogP contribution >= 0.6 is 10.8 Å². The van der Waals surface area contributed by atoms with E-state index in [1.807, 2.05) is 6.07 Å². The Morgan fingerprint density at radius 3 is 2.65 bits per heavy atom. The van der Waals surface area contributed by atoms with Crippen LogP contribution < -0.4 is 4.74 Å². The minimum atomic E-state index is -3.36. The second kappa shape index (κ2) is 9.65. The maximum atomic E-state index is 12.6. The summed E-state index contributed by atoms with van der Waals surface area (Å²) in [6, 6.07) is 11.7. The van der Waals surface area contributed by atoms with E-state index in [1.165, 1.54) is 17.9 Å². The second-order valence-corrected chi connectivity index (χ2v) is 10.4. The number of hydrogen-bond donors (Lipinski definition) is 3. The summed E-state index contributed by atoms with van der Waals surface area (Å²) in [4.78, 5) is 37.4. The number of ether oxygens (including phenoxy) is 1. The van der Waals surface area contributed by atoms with Gasteiger partial charge in [-0.3, -0.25) is 18.7 Å². The normalized spacial score (nSPS) is 19.1. The summed E-state index contributed by atoms with van der Waals surface area (Å²) < 4.78 is 28.1. The number of carbonyl (C=O) groups excluding carboxylic acids is 2. The van der Waals surface area contributed by atoms with Gasteiger partial charge >= 0.3 is 6.09 Å². The third-order valence-corrected chi connectivity index (χ3v) is 8.09. The standard InChI is InChI=1S/C24H28N2O7S/c1-16(27)17-9-11-21-18(14-17)8-10-19(33-21)15-25(24(29)30)12-4-5-13-26-23(28)20-6-2-3-7-22(20)34(26,31)32/h2-3,6-7,9,11,14,19,31-32H,4-5,8,10,12-13,15H2,1H3,(H,29,30)/t19-/m1/s1. The topological polar surface area (TPSA) is 128 Å². The van der Waals surface area contributed by atoms with Crippen molar-refractivity contribution in [1.82, 2.24) is 9.21 Å². The number of rotatable bonds is 8. The van der Waals surface area contributed by atoms with Gasteiger partial charge in [0, 0.05) is 18.7 Å². The molecule has 0 unspecified atom stereocenters. The van der Waals surface area contributed by atoms with E-state index in [0.717, 1.165) is 9.87 Å². The van der Waals surface area contributed by atoms with Gasteiger partial charge in [-0.05, 0) is 68.5 Å². The van der Waals surface area contributed by atoms with E-state index in [4.69, 9.17) is 4.74 Å². The predicted octanol–water partition coefficient (Wildman–Crippen LogP) is 4.52. The molecule has 4 rings (SSSR count). The quantitative estimate of drug-likeness (QED) is 0.368. The Labute approximate surface area is 199 Å². The van der Waals surface area contributed by atoms with Gasteiger partial charge in [0.25, 0.3) is 5.91 Å². The summed E-state index contributed by atoms with van der Waals surface area (Å²) in [6.45, 7) is 2.07. The first kappa shape index (κ1) is 24.1. The fourth-order valence-corrected chi connectivity index (χ4v) is 6.00. The average molecular weight is 489 g/mol. The number of aryl methyl sites for hydroxylation is 1. The van der Waals surface area contributed by atoms with Gasteiger partial charge in [-0.15, -0.1) is 0 Å². The Bertz CT molecular complexity index is 1120. The Morgan fingerprint density at radius 1 is 1.18 bits per heavy atom. The molecule has 2 aliphatic rings. The molecule has 0 saturated heterocycles. The van der Waals surface area contributed by atoms with Crippen molar-refractivity contribution in [2.75, 3.05) is 19.6 Å². The zero-order valence-corrected chi connectivity index (χ0v) is 19.7. The van der Waals surface area contributed by atoms with E-state index < -0.39 is 22.8 Å². The van der Waals surface area contributed by atoms with Crippen LogP contribution in [0, 0.1) is 0 Å². The number of ketones is 1. The van der Waals surface area contributed by atoms with Crippen molar-refractivity contribution in [3.63, 3.8) is 0 Å². The fraction of sp³-hybridized carbons (Fsp3) is 0.375. The number of carboxylic acid groups (broad SMARTS) is 1. The number of nitrogens with zero attached hydrogens (tertiary/aromatic N) is 2. The number of Topliss-reactive ketones (excluding diaryl/α,β-unsaturated/α-hetero) is 1. The number of fused-ring (bicyclic) bond motifs is 2. The van der Waals surface area contributed by atoms with Gasteiger partial charge in [-0.25, -0.2) is 9.10 Å². The maximum absolute atomic E-state index is 12.6. The number of unbranched alkanes of at least 4 members (excludes halogenated alkanes) is 1. The van der Waals surface area contributed by atoms with Crippen LogP contribution in [0.3, 0.4) is 0 Å². The smallest absolute Gasteiger partial charge is 0.407 e. The van der Waals surface area contributed by atoms with Crippen LogP contribution in [0.5, 0.6) is 5.75 Å². The molecule has 0 aliphatic carbocycles. The molecule has 182 valence electrons. The largest absolute Gasteiger partial charge is 0.488 e. The minimum Gasteiger partial charge on any atom is -0.488 e. The SMILES string of the molecule is CC(=O)c1ccc2c(c1)CC[C@H](CN(CCCCN1C(=O)c3ccccc3S1(O)O)C(=O)O)O2. The minimum absolute atomic E-state index is 0.0114. The molecule has 2 aliphatic heterocycles. The molecule has 2 aromatic rings. The van der Waals surface area contributed by atoms with Crippen LogP contribution in [0.1, 0.15) is 52.5 Å². The highest BCUT2D eigenvalue weighted by atomic mass is 32.3. The third-order valence-electron chi connectivity index (χ3n) is 6.18. The fourth-order valence-electron chi connectivity index (χ4n) is 4.34. The van der Waals surface area contributed by atoms with Gasteiger partial charge in [0.2, 0.25) is 0 Å².